The minimum Gasteiger partial charge on any atom is -0.468 e. The molecule has 4 heteroatoms. The van der Waals surface area contributed by atoms with E-state index in [0.29, 0.717) is 6.04 Å². The molecule has 1 heterocycles. The second kappa shape index (κ2) is 7.64. The summed E-state index contributed by atoms with van der Waals surface area (Å²) in [4.78, 5) is 2.33. The van der Waals surface area contributed by atoms with Crippen molar-refractivity contribution >= 4 is 11.6 Å². The van der Waals surface area contributed by atoms with Crippen molar-refractivity contribution in [1.29, 1.82) is 0 Å². The number of likely N-dealkylation sites (N-methyl/N-ethyl adjacent to an activating group) is 1. The molecular weight excluding hydrogens is 284 g/mol. The van der Waals surface area contributed by atoms with E-state index in [1.807, 2.05) is 30.3 Å². The van der Waals surface area contributed by atoms with E-state index in [9.17, 15) is 0 Å². The summed E-state index contributed by atoms with van der Waals surface area (Å²) in [5, 5.41) is 4.25. The molecular formula is C17H23ClN2O. The van der Waals surface area contributed by atoms with Gasteiger partial charge in [0.15, 0.2) is 0 Å². The summed E-state index contributed by atoms with van der Waals surface area (Å²) < 4.78 is 5.31. The highest BCUT2D eigenvalue weighted by atomic mass is 35.5. The molecule has 0 spiro atoms. The number of rotatable bonds is 7. The lowest BCUT2D eigenvalue weighted by Gasteiger charge is -2.31. The van der Waals surface area contributed by atoms with Crippen molar-refractivity contribution in [1.82, 2.24) is 10.2 Å². The van der Waals surface area contributed by atoms with Gasteiger partial charge in [0.1, 0.15) is 5.76 Å². The van der Waals surface area contributed by atoms with Gasteiger partial charge >= 0.3 is 0 Å². The number of hydrogen-bond acceptors (Lipinski definition) is 3. The van der Waals surface area contributed by atoms with Crippen LogP contribution in [-0.2, 0) is 6.54 Å². The van der Waals surface area contributed by atoms with Crippen LogP contribution in [-0.4, -0.2) is 24.5 Å². The van der Waals surface area contributed by atoms with E-state index in [1.165, 1.54) is 5.56 Å². The largest absolute Gasteiger partial charge is 0.468 e. The third-order valence-electron chi connectivity index (χ3n) is 3.98. The zero-order valence-corrected chi connectivity index (χ0v) is 13.6. The first-order chi connectivity index (χ1) is 10.1. The number of hydrogen-bond donors (Lipinski definition) is 1. The van der Waals surface area contributed by atoms with Crippen molar-refractivity contribution in [3.8, 4) is 0 Å². The molecule has 1 aromatic heterocycles. The van der Waals surface area contributed by atoms with Crippen molar-refractivity contribution in [2.75, 3.05) is 13.6 Å². The summed E-state index contributed by atoms with van der Waals surface area (Å²) in [6.45, 7) is 6.05. The Bertz CT molecular complexity index is 541. The van der Waals surface area contributed by atoms with Gasteiger partial charge in [-0.25, -0.2) is 0 Å². The van der Waals surface area contributed by atoms with Crippen molar-refractivity contribution < 1.29 is 4.42 Å². The van der Waals surface area contributed by atoms with E-state index in [1.54, 1.807) is 6.26 Å². The fourth-order valence-electron chi connectivity index (χ4n) is 2.38. The maximum absolute atomic E-state index is 6.29. The molecule has 0 fully saturated rings. The van der Waals surface area contributed by atoms with Crippen LogP contribution in [0, 0.1) is 0 Å². The third kappa shape index (κ3) is 4.34. The highest BCUT2D eigenvalue weighted by Crippen LogP contribution is 2.27. The Morgan fingerprint density at radius 2 is 1.95 bits per heavy atom. The Hall–Kier alpha value is -1.29. The lowest BCUT2D eigenvalue weighted by Crippen LogP contribution is -2.39. The molecule has 2 rings (SSSR count). The fourth-order valence-corrected chi connectivity index (χ4v) is 2.67. The average molecular weight is 307 g/mol. The maximum atomic E-state index is 6.29. The zero-order chi connectivity index (χ0) is 15.2. The van der Waals surface area contributed by atoms with Crippen molar-refractivity contribution in [2.45, 2.75) is 32.5 Å². The van der Waals surface area contributed by atoms with Gasteiger partial charge in [0.25, 0.3) is 0 Å². The molecule has 1 aromatic carbocycles. The number of benzene rings is 1. The van der Waals surface area contributed by atoms with Crippen LogP contribution in [0.2, 0.25) is 5.02 Å². The molecule has 0 aliphatic carbocycles. The molecule has 21 heavy (non-hydrogen) atoms. The van der Waals surface area contributed by atoms with Crippen molar-refractivity contribution in [3.63, 3.8) is 0 Å². The molecule has 3 nitrogen and oxygen atoms in total. The Labute approximate surface area is 131 Å². The van der Waals surface area contributed by atoms with Gasteiger partial charge in [-0.1, -0.05) is 29.8 Å². The summed E-state index contributed by atoms with van der Waals surface area (Å²) in [5.74, 6) is 0.962. The first kappa shape index (κ1) is 16.1. The molecule has 2 atom stereocenters. The first-order valence-corrected chi connectivity index (χ1v) is 7.67. The molecule has 0 aliphatic heterocycles. The standard InChI is InChI=1S/C17H23ClN2O/c1-13(11-19-12-15-7-6-10-21-15)20(3)14(2)16-8-4-5-9-17(16)18/h4-10,13-14,19H,11-12H2,1-3H3. The van der Waals surface area contributed by atoms with Gasteiger partial charge in [-0.3, -0.25) is 4.90 Å². The molecule has 0 saturated carbocycles. The number of nitrogens with one attached hydrogen (secondary N) is 1. The SMILES string of the molecule is CC(CNCc1ccco1)N(C)C(C)c1ccccc1Cl. The summed E-state index contributed by atoms with van der Waals surface area (Å²) in [6, 6.07) is 12.6. The Morgan fingerprint density at radius 1 is 1.19 bits per heavy atom. The molecule has 2 unspecified atom stereocenters. The van der Waals surface area contributed by atoms with Gasteiger partial charge in [0.2, 0.25) is 0 Å². The van der Waals surface area contributed by atoms with Gasteiger partial charge in [0.05, 0.1) is 12.8 Å². The Balaban J connectivity index is 1.86. The minimum absolute atomic E-state index is 0.277. The van der Waals surface area contributed by atoms with Crippen LogP contribution < -0.4 is 5.32 Å². The average Bonchev–Trinajstić information content (AvgIpc) is 2.99. The highest BCUT2D eigenvalue weighted by molar-refractivity contribution is 6.31. The van der Waals surface area contributed by atoms with Crippen LogP contribution in [0.25, 0.3) is 0 Å². The predicted octanol–water partition coefficient (Wildman–Crippen LogP) is 4.10. The van der Waals surface area contributed by atoms with Gasteiger partial charge in [-0.2, -0.15) is 0 Å². The zero-order valence-electron chi connectivity index (χ0n) is 12.8. The molecule has 1 N–H and O–H groups in total. The van der Waals surface area contributed by atoms with Crippen LogP contribution >= 0.6 is 11.6 Å². The number of nitrogens with zero attached hydrogens (tertiary/aromatic N) is 1. The third-order valence-corrected chi connectivity index (χ3v) is 4.32. The normalized spacial score (nSPS) is 14.3. The summed E-state index contributed by atoms with van der Waals surface area (Å²) >= 11 is 6.29. The second-order valence-corrected chi connectivity index (χ2v) is 5.83. The summed E-state index contributed by atoms with van der Waals surface area (Å²) in [6.07, 6.45) is 1.70. The Kier molecular flexibility index (Phi) is 5.85. The van der Waals surface area contributed by atoms with Gasteiger partial charge < -0.3 is 9.73 Å². The van der Waals surface area contributed by atoms with E-state index in [2.05, 4.69) is 37.2 Å². The minimum atomic E-state index is 0.277. The van der Waals surface area contributed by atoms with Gasteiger partial charge in [0, 0.05) is 23.7 Å². The van der Waals surface area contributed by atoms with Crippen LogP contribution in [0.4, 0.5) is 0 Å². The van der Waals surface area contributed by atoms with Crippen molar-refractivity contribution in [2.24, 2.45) is 0 Å². The number of halogens is 1. The molecule has 0 amide bonds. The highest BCUT2D eigenvalue weighted by Gasteiger charge is 2.18. The lowest BCUT2D eigenvalue weighted by atomic mass is 10.1. The summed E-state index contributed by atoms with van der Waals surface area (Å²) in [7, 11) is 2.13. The van der Waals surface area contributed by atoms with Gasteiger partial charge in [-0.15, -0.1) is 0 Å². The quantitative estimate of drug-likeness (QED) is 0.834. The predicted molar refractivity (Wildman–Crippen MR) is 87.5 cm³/mol. The van der Waals surface area contributed by atoms with Crippen LogP contribution in [0.3, 0.4) is 0 Å². The molecule has 0 aliphatic rings. The van der Waals surface area contributed by atoms with Crippen LogP contribution in [0.15, 0.2) is 47.1 Å². The first-order valence-electron chi connectivity index (χ1n) is 7.29. The molecule has 0 radical (unpaired) electrons. The van der Waals surface area contributed by atoms with E-state index >= 15 is 0 Å². The van der Waals surface area contributed by atoms with E-state index in [-0.39, 0.29) is 6.04 Å². The second-order valence-electron chi connectivity index (χ2n) is 5.42. The smallest absolute Gasteiger partial charge is 0.117 e. The molecule has 114 valence electrons. The monoisotopic (exact) mass is 306 g/mol. The fraction of sp³-hybridized carbons (Fsp3) is 0.412. The van der Waals surface area contributed by atoms with Crippen molar-refractivity contribution in [3.05, 3.63) is 59.0 Å². The molecule has 0 bridgehead atoms. The van der Waals surface area contributed by atoms with Crippen LogP contribution in [0.5, 0.6) is 0 Å². The van der Waals surface area contributed by atoms with E-state index < -0.39 is 0 Å². The van der Waals surface area contributed by atoms with Gasteiger partial charge in [-0.05, 0) is 44.7 Å². The van der Waals surface area contributed by atoms with E-state index in [0.717, 1.165) is 23.9 Å². The van der Waals surface area contributed by atoms with Crippen LogP contribution in [0.1, 0.15) is 31.2 Å². The number of furan rings is 1. The van der Waals surface area contributed by atoms with E-state index in [4.69, 9.17) is 16.0 Å². The lowest BCUT2D eigenvalue weighted by molar-refractivity contribution is 0.192. The Morgan fingerprint density at radius 3 is 2.62 bits per heavy atom. The molecule has 0 saturated heterocycles. The summed E-state index contributed by atoms with van der Waals surface area (Å²) in [5.41, 5.74) is 1.17. The molecule has 2 aromatic rings. The maximum Gasteiger partial charge on any atom is 0.117 e. The topological polar surface area (TPSA) is 28.4 Å².